The number of ether oxygens (including phenoxy) is 1. The molecule has 0 radical (unpaired) electrons. The molecular weight excluding hydrogens is 196 g/mol. The summed E-state index contributed by atoms with van der Waals surface area (Å²) in [6.45, 7) is 2.77. The van der Waals surface area contributed by atoms with Gasteiger partial charge in [0, 0.05) is 6.54 Å². The Hall–Kier alpha value is -1.52. The summed E-state index contributed by atoms with van der Waals surface area (Å²) in [5, 5.41) is 13.5. The number of hydrogen-bond donors (Lipinski definition) is 1. The number of esters is 1. The van der Waals surface area contributed by atoms with Crippen LogP contribution in [0.25, 0.3) is 0 Å². The van der Waals surface area contributed by atoms with Gasteiger partial charge in [-0.05, 0) is 25.7 Å². The van der Waals surface area contributed by atoms with Crippen LogP contribution in [0.4, 0.5) is 0 Å². The molecule has 82 valence electrons. The summed E-state index contributed by atoms with van der Waals surface area (Å²) >= 11 is 0. The minimum atomic E-state index is -0.565. The van der Waals surface area contributed by atoms with Crippen molar-refractivity contribution < 1.29 is 14.6 Å². The predicted molar refractivity (Wildman–Crippen MR) is 52.6 cm³/mol. The van der Waals surface area contributed by atoms with Gasteiger partial charge < -0.3 is 9.84 Å². The summed E-state index contributed by atoms with van der Waals surface area (Å²) in [5.74, 6) is -0.0157. The van der Waals surface area contributed by atoms with E-state index in [1.54, 1.807) is 11.6 Å². The normalized spacial score (nSPS) is 15.3. The number of aromatic hydroxyl groups is 1. The van der Waals surface area contributed by atoms with Crippen LogP contribution in [0.1, 0.15) is 30.3 Å². The minimum absolute atomic E-state index is 0.0116. The van der Waals surface area contributed by atoms with Crippen LogP contribution in [0.3, 0.4) is 0 Å². The molecule has 2 rings (SSSR count). The van der Waals surface area contributed by atoms with E-state index in [2.05, 4.69) is 5.10 Å². The van der Waals surface area contributed by atoms with E-state index in [4.69, 9.17) is 4.74 Å². The third-order valence-corrected chi connectivity index (χ3v) is 2.35. The molecule has 0 saturated heterocycles. The lowest BCUT2D eigenvalue weighted by atomic mass is 10.4. The van der Waals surface area contributed by atoms with E-state index >= 15 is 0 Å². The maximum Gasteiger partial charge on any atom is 0.362 e. The van der Waals surface area contributed by atoms with Gasteiger partial charge in [0.15, 0.2) is 5.75 Å². The van der Waals surface area contributed by atoms with E-state index in [0.29, 0.717) is 5.92 Å². The predicted octanol–water partition coefficient (Wildman–Crippen LogP) is 1.18. The SMILES string of the molecule is CCOC(=O)c1nn(CC2CC2)cc1O. The lowest BCUT2D eigenvalue weighted by Crippen LogP contribution is -2.08. The highest BCUT2D eigenvalue weighted by Gasteiger charge is 2.24. The average molecular weight is 210 g/mol. The molecule has 1 fully saturated rings. The standard InChI is InChI=1S/C10H14N2O3/c1-2-15-10(14)9-8(13)6-12(11-9)5-7-3-4-7/h6-7,13H,2-5H2,1H3. The Morgan fingerprint density at radius 3 is 3.07 bits per heavy atom. The van der Waals surface area contributed by atoms with Crippen molar-refractivity contribution in [1.29, 1.82) is 0 Å². The highest BCUT2D eigenvalue weighted by Crippen LogP contribution is 2.31. The lowest BCUT2D eigenvalue weighted by Gasteiger charge is -1.98. The smallest absolute Gasteiger partial charge is 0.362 e. The Morgan fingerprint density at radius 2 is 2.47 bits per heavy atom. The maximum atomic E-state index is 11.3. The molecule has 1 aliphatic rings. The fourth-order valence-corrected chi connectivity index (χ4v) is 1.41. The zero-order chi connectivity index (χ0) is 10.8. The van der Waals surface area contributed by atoms with Gasteiger partial charge in [-0.2, -0.15) is 5.10 Å². The van der Waals surface area contributed by atoms with Gasteiger partial charge in [-0.25, -0.2) is 4.79 Å². The van der Waals surface area contributed by atoms with Crippen molar-refractivity contribution in [3.05, 3.63) is 11.9 Å². The Balaban J connectivity index is 2.09. The molecule has 0 atom stereocenters. The van der Waals surface area contributed by atoms with Crippen LogP contribution in [0.5, 0.6) is 5.75 Å². The van der Waals surface area contributed by atoms with E-state index in [1.165, 1.54) is 19.0 Å². The molecular formula is C10H14N2O3. The van der Waals surface area contributed by atoms with E-state index in [1.807, 2.05) is 0 Å². The summed E-state index contributed by atoms with van der Waals surface area (Å²) in [6.07, 6.45) is 3.88. The van der Waals surface area contributed by atoms with E-state index in [-0.39, 0.29) is 18.1 Å². The van der Waals surface area contributed by atoms with Gasteiger partial charge in [-0.3, -0.25) is 4.68 Å². The van der Waals surface area contributed by atoms with Crippen LogP contribution in [0, 0.1) is 5.92 Å². The fraction of sp³-hybridized carbons (Fsp3) is 0.600. The Kier molecular flexibility index (Phi) is 2.62. The van der Waals surface area contributed by atoms with Gasteiger partial charge in [0.2, 0.25) is 5.69 Å². The van der Waals surface area contributed by atoms with Gasteiger partial charge in [0.05, 0.1) is 12.8 Å². The molecule has 1 aromatic rings. The van der Waals surface area contributed by atoms with Crippen molar-refractivity contribution in [2.24, 2.45) is 5.92 Å². The van der Waals surface area contributed by atoms with Crippen molar-refractivity contribution in [3.8, 4) is 5.75 Å². The fourth-order valence-electron chi connectivity index (χ4n) is 1.41. The molecule has 5 nitrogen and oxygen atoms in total. The number of carbonyl (C=O) groups excluding carboxylic acids is 1. The van der Waals surface area contributed by atoms with Crippen molar-refractivity contribution >= 4 is 5.97 Å². The average Bonchev–Trinajstić information content (AvgIpc) is 2.90. The zero-order valence-corrected chi connectivity index (χ0v) is 8.64. The number of aromatic nitrogens is 2. The second kappa shape index (κ2) is 3.92. The quantitative estimate of drug-likeness (QED) is 0.758. The molecule has 0 bridgehead atoms. The number of carbonyl (C=O) groups is 1. The molecule has 15 heavy (non-hydrogen) atoms. The lowest BCUT2D eigenvalue weighted by molar-refractivity contribution is 0.0515. The monoisotopic (exact) mass is 210 g/mol. The zero-order valence-electron chi connectivity index (χ0n) is 8.64. The van der Waals surface area contributed by atoms with Crippen molar-refractivity contribution in [2.45, 2.75) is 26.3 Å². The Labute approximate surface area is 87.7 Å². The van der Waals surface area contributed by atoms with Crippen LogP contribution in [-0.2, 0) is 11.3 Å². The van der Waals surface area contributed by atoms with Gasteiger partial charge >= 0.3 is 5.97 Å². The third-order valence-electron chi connectivity index (χ3n) is 2.35. The third kappa shape index (κ3) is 2.29. The van der Waals surface area contributed by atoms with Crippen LogP contribution >= 0.6 is 0 Å². The summed E-state index contributed by atoms with van der Waals surface area (Å²) in [7, 11) is 0. The second-order valence-electron chi connectivity index (χ2n) is 3.75. The molecule has 0 unspecified atom stereocenters. The Morgan fingerprint density at radius 1 is 1.73 bits per heavy atom. The van der Waals surface area contributed by atoms with E-state index in [0.717, 1.165) is 6.54 Å². The highest BCUT2D eigenvalue weighted by molar-refractivity contribution is 5.89. The highest BCUT2D eigenvalue weighted by atomic mass is 16.5. The number of nitrogens with zero attached hydrogens (tertiary/aromatic N) is 2. The van der Waals surface area contributed by atoms with Crippen molar-refractivity contribution in [1.82, 2.24) is 9.78 Å². The van der Waals surface area contributed by atoms with E-state index < -0.39 is 5.97 Å². The summed E-state index contributed by atoms with van der Waals surface area (Å²) < 4.78 is 6.38. The van der Waals surface area contributed by atoms with Gasteiger partial charge in [0.25, 0.3) is 0 Å². The van der Waals surface area contributed by atoms with Crippen LogP contribution in [0.2, 0.25) is 0 Å². The largest absolute Gasteiger partial charge is 0.504 e. The van der Waals surface area contributed by atoms with E-state index in [9.17, 15) is 9.90 Å². The summed E-state index contributed by atoms with van der Waals surface area (Å²) in [5.41, 5.74) is 0.0116. The van der Waals surface area contributed by atoms with Gasteiger partial charge in [-0.1, -0.05) is 0 Å². The second-order valence-corrected chi connectivity index (χ2v) is 3.75. The molecule has 1 heterocycles. The van der Waals surface area contributed by atoms with Gasteiger partial charge in [0.1, 0.15) is 0 Å². The first-order valence-electron chi connectivity index (χ1n) is 5.14. The molecule has 1 aliphatic carbocycles. The van der Waals surface area contributed by atoms with Crippen molar-refractivity contribution in [2.75, 3.05) is 6.61 Å². The maximum absolute atomic E-state index is 11.3. The number of hydrogen-bond acceptors (Lipinski definition) is 4. The molecule has 0 aromatic carbocycles. The minimum Gasteiger partial charge on any atom is -0.504 e. The summed E-state index contributed by atoms with van der Waals surface area (Å²) in [6, 6.07) is 0. The van der Waals surface area contributed by atoms with Crippen LogP contribution in [0.15, 0.2) is 6.20 Å². The van der Waals surface area contributed by atoms with Crippen LogP contribution in [-0.4, -0.2) is 27.5 Å². The molecule has 5 heteroatoms. The first-order valence-corrected chi connectivity index (χ1v) is 5.14. The first-order chi connectivity index (χ1) is 7.20. The van der Waals surface area contributed by atoms with Crippen LogP contribution < -0.4 is 0 Å². The molecule has 1 aromatic heterocycles. The summed E-state index contributed by atoms with van der Waals surface area (Å²) in [4.78, 5) is 11.3. The molecule has 1 saturated carbocycles. The first kappa shape index (κ1) is 10.0. The van der Waals surface area contributed by atoms with Gasteiger partial charge in [-0.15, -0.1) is 0 Å². The Bertz CT molecular complexity index is 369. The molecule has 1 N–H and O–H groups in total. The topological polar surface area (TPSA) is 64.3 Å². The molecule has 0 amide bonds. The molecule has 0 aliphatic heterocycles. The van der Waals surface area contributed by atoms with Crippen molar-refractivity contribution in [3.63, 3.8) is 0 Å². The molecule has 0 spiro atoms. The number of rotatable bonds is 4.